The van der Waals surface area contributed by atoms with Crippen molar-refractivity contribution >= 4 is 67.9 Å². The highest BCUT2D eigenvalue weighted by molar-refractivity contribution is 14.1. The quantitative estimate of drug-likeness (QED) is 0.0727. The number of aromatic amines is 6. The predicted octanol–water partition coefficient (Wildman–Crippen LogP) is 4.29. The van der Waals surface area contributed by atoms with E-state index in [0.29, 0.717) is 60.4 Å². The standard InChI is InChI=1S/C11H11N3O3S.C10H11N3O2S.C9H11N5O2.C9H9N3O3S.C8H6IN3O3S.C8H10N6O2/c1-17-7-9(15)13-8(14-10(7)16)11-12-6(4-18-11)5-2-3-5;1-5-4-16-10(11-5)8-12-6(2)7(15-3)9(14)13-8;1-5-7(16-3)9(15)12-8(11-5)6-4-10-14(2)13-6;1-4-3-16-9(10-4)6-11-7(13)5(15-2)8(14)12-6;1-15-4-6(13)11-5(12-7(4)14)8-10-2-3(9)16-8;1-4-5(16-3)8(15)10-6(9-4)7-11-13-14(2)12-7/h4-5H,2-3H2,1H3,(H2,13,14,15,16);4H,1-3H3,(H,12,13,14);4H,1-3H3,(H,11,12,15);3H,1-2H3,(H2,11,12,13,14);2H,1H3,(H2,11,12,13,14);1-3H3,(H,9,10,15). The zero-order valence-corrected chi connectivity index (χ0v) is 59.2. The number of hydrogen-bond acceptors (Lipinski definition) is 34. The van der Waals surface area contributed by atoms with Crippen LogP contribution >= 0.6 is 67.9 Å². The van der Waals surface area contributed by atoms with E-state index >= 15 is 0 Å². The molecule has 0 radical (unpaired) electrons. The third kappa shape index (κ3) is 18.1. The van der Waals surface area contributed by atoms with E-state index in [2.05, 4.69) is 128 Å². The Hall–Kier alpha value is -11.1. The Bertz CT molecular complexity index is 4560. The lowest BCUT2D eigenvalue weighted by atomic mass is 10.3. The molecule has 0 amide bonds. The van der Waals surface area contributed by atoms with Crippen molar-refractivity contribution in [1.29, 1.82) is 0 Å². The highest BCUT2D eigenvalue weighted by atomic mass is 127. The molecule has 0 bridgehead atoms. The minimum atomic E-state index is -0.532. The van der Waals surface area contributed by atoms with Crippen LogP contribution < -0.4 is 61.8 Å². The fourth-order valence-corrected chi connectivity index (χ4v) is 11.7. The zero-order chi connectivity index (χ0) is 71.2. The minimum Gasteiger partial charge on any atom is -0.490 e. The van der Waals surface area contributed by atoms with Gasteiger partial charge in [-0.05, 0) is 75.3 Å². The smallest absolute Gasteiger partial charge is 0.297 e. The number of aromatic hydroxyl groups is 3. The predicted molar refractivity (Wildman–Crippen MR) is 364 cm³/mol. The number of rotatable bonds is 13. The Morgan fingerprint density at radius 2 is 0.837 bits per heavy atom. The number of halogens is 1. The minimum absolute atomic E-state index is 0.183. The third-order valence-electron chi connectivity index (χ3n) is 12.5. The van der Waals surface area contributed by atoms with Gasteiger partial charge in [0.2, 0.25) is 40.3 Å². The fraction of sp³-hybridized carbons (Fsp3) is 0.291. The molecular weight excluding hydrogens is 1480 g/mol. The zero-order valence-electron chi connectivity index (χ0n) is 53.7. The molecule has 98 heavy (non-hydrogen) atoms. The molecule has 0 spiro atoms. The number of aryl methyl sites for hydroxylation is 7. The van der Waals surface area contributed by atoms with Gasteiger partial charge in [-0.25, -0.2) is 34.9 Å². The molecular formula is C55H58IN23O15S4. The molecule has 0 saturated heterocycles. The van der Waals surface area contributed by atoms with Gasteiger partial charge in [0.05, 0.1) is 87.8 Å². The molecule has 0 aliphatic heterocycles. The second-order valence-corrected chi connectivity index (χ2v) is 25.1. The van der Waals surface area contributed by atoms with Gasteiger partial charge >= 0.3 is 0 Å². The molecule has 12 aromatic rings. The molecule has 1 aliphatic carbocycles. The summed E-state index contributed by atoms with van der Waals surface area (Å²) < 4.78 is 29.9. The molecule has 43 heteroatoms. The first-order chi connectivity index (χ1) is 46.8. The number of nitrogens with one attached hydrogen (secondary N) is 6. The van der Waals surface area contributed by atoms with Crippen LogP contribution in [0.1, 0.15) is 52.9 Å². The summed E-state index contributed by atoms with van der Waals surface area (Å²) in [6.45, 7) is 8.84. The molecule has 38 nitrogen and oxygen atoms in total. The molecule has 12 heterocycles. The van der Waals surface area contributed by atoms with Crippen molar-refractivity contribution < 1.29 is 43.7 Å². The summed E-state index contributed by atoms with van der Waals surface area (Å²) in [5.41, 5.74) is 2.32. The topological polar surface area (TPSA) is 516 Å². The SMILES string of the molecule is COc1c(C)nc(-c2cnn(C)n2)[nH]c1=O.COc1c(C)nc(-c2nc(C)cs2)[nH]c1=O.COc1c(C)nc(-c2nnn(C)n2)[nH]c1=O.COc1c(O)nc(-c2nc(C)cs2)[nH]c1=O.COc1c(O)nc(-c2nc(C3CC3)cs2)[nH]c1=O.COc1c(O)nc(-c2ncc(I)s2)[nH]c1=O. The first-order valence-electron chi connectivity index (χ1n) is 27.9. The molecule has 13 rings (SSSR count). The van der Waals surface area contributed by atoms with Crippen LogP contribution in [0.15, 0.2) is 57.3 Å². The normalized spacial score (nSPS) is 11.2. The second-order valence-electron chi connectivity index (χ2n) is 19.6. The van der Waals surface area contributed by atoms with Gasteiger partial charge in [0.1, 0.15) is 5.69 Å². The number of thiazole rings is 4. The summed E-state index contributed by atoms with van der Waals surface area (Å²) >= 11 is 7.66. The van der Waals surface area contributed by atoms with Gasteiger partial charge in [-0.2, -0.15) is 34.7 Å². The van der Waals surface area contributed by atoms with E-state index in [0.717, 1.165) is 20.0 Å². The maximum Gasteiger partial charge on any atom is 0.297 e. The van der Waals surface area contributed by atoms with Crippen LogP contribution in [0, 0.1) is 37.5 Å². The van der Waals surface area contributed by atoms with Crippen molar-refractivity contribution in [2.75, 3.05) is 42.7 Å². The van der Waals surface area contributed by atoms with E-state index in [1.807, 2.05) is 30.0 Å². The van der Waals surface area contributed by atoms with Crippen LogP contribution in [0.3, 0.4) is 0 Å². The van der Waals surface area contributed by atoms with Crippen molar-refractivity contribution in [2.24, 2.45) is 14.1 Å². The van der Waals surface area contributed by atoms with Crippen LogP contribution in [0.5, 0.6) is 52.1 Å². The summed E-state index contributed by atoms with van der Waals surface area (Å²) in [4.78, 5) is 128. The monoisotopic (exact) mass is 1540 g/mol. The molecule has 1 fully saturated rings. The summed E-state index contributed by atoms with van der Waals surface area (Å²) in [5.74, 6) is 1.49. The third-order valence-corrected chi connectivity index (χ3v) is 17.1. The Morgan fingerprint density at radius 3 is 1.18 bits per heavy atom. The molecule has 0 aromatic carbocycles. The van der Waals surface area contributed by atoms with E-state index in [9.17, 15) is 44.1 Å². The van der Waals surface area contributed by atoms with E-state index < -0.39 is 34.3 Å². The van der Waals surface area contributed by atoms with E-state index in [4.69, 9.17) is 28.4 Å². The van der Waals surface area contributed by atoms with Crippen molar-refractivity contribution in [3.05, 3.63) is 128 Å². The Morgan fingerprint density at radius 1 is 0.459 bits per heavy atom. The van der Waals surface area contributed by atoms with E-state index in [-0.39, 0.29) is 80.3 Å². The first kappa shape index (κ1) is 72.8. The van der Waals surface area contributed by atoms with Crippen LogP contribution in [0.4, 0.5) is 0 Å². The van der Waals surface area contributed by atoms with Crippen molar-refractivity contribution in [1.82, 2.24) is 115 Å². The van der Waals surface area contributed by atoms with Crippen LogP contribution in [0.2, 0.25) is 0 Å². The molecule has 1 aliphatic rings. The lowest BCUT2D eigenvalue weighted by molar-refractivity contribution is 0.357. The second kappa shape index (κ2) is 32.6. The fourth-order valence-electron chi connectivity index (χ4n) is 8.07. The summed E-state index contributed by atoms with van der Waals surface area (Å²) in [6.07, 6.45) is 5.52. The number of methoxy groups -OCH3 is 6. The number of aromatic nitrogens is 23. The maximum atomic E-state index is 11.6. The highest BCUT2D eigenvalue weighted by Crippen LogP contribution is 2.41. The number of ether oxygens (including phenoxy) is 6. The lowest BCUT2D eigenvalue weighted by Crippen LogP contribution is -2.14. The van der Waals surface area contributed by atoms with Crippen molar-refractivity contribution in [3.8, 4) is 119 Å². The molecule has 12 aromatic heterocycles. The summed E-state index contributed by atoms with van der Waals surface area (Å²) in [6, 6.07) is 0. The molecule has 514 valence electrons. The van der Waals surface area contributed by atoms with Gasteiger partial charge in [-0.1, -0.05) is 0 Å². The summed E-state index contributed by atoms with van der Waals surface area (Å²) in [7, 11) is 11.5. The Kier molecular flexibility index (Phi) is 24.2. The van der Waals surface area contributed by atoms with Gasteiger partial charge in [-0.15, -0.1) is 55.5 Å². The lowest BCUT2D eigenvalue weighted by Gasteiger charge is -2.03. The molecule has 0 atom stereocenters. The van der Waals surface area contributed by atoms with Gasteiger partial charge in [0, 0.05) is 40.5 Å². The summed E-state index contributed by atoms with van der Waals surface area (Å²) in [5, 5.41) is 55.9. The molecule has 9 N–H and O–H groups in total. The number of nitrogens with zero attached hydrogens (tertiary/aromatic N) is 17. The van der Waals surface area contributed by atoms with Crippen LogP contribution in [-0.2, 0) is 14.1 Å². The average molecular weight is 1540 g/mol. The highest BCUT2D eigenvalue weighted by Gasteiger charge is 2.27. The van der Waals surface area contributed by atoms with Crippen LogP contribution in [0.25, 0.3) is 66.5 Å². The number of H-pyrrole nitrogens is 6. The van der Waals surface area contributed by atoms with E-state index in [1.165, 1.54) is 117 Å². The van der Waals surface area contributed by atoms with Gasteiger partial charge in [0.15, 0.2) is 55.0 Å². The van der Waals surface area contributed by atoms with Gasteiger partial charge in [-0.3, -0.25) is 28.8 Å². The van der Waals surface area contributed by atoms with Gasteiger partial charge < -0.3 is 73.6 Å². The Balaban J connectivity index is 0.000000150. The van der Waals surface area contributed by atoms with Gasteiger partial charge in [0.25, 0.3) is 51.0 Å². The Labute approximate surface area is 579 Å². The average Bonchev–Trinajstić information content (AvgIpc) is 1.66. The first-order valence-corrected chi connectivity index (χ1v) is 32.4. The molecule has 0 unspecified atom stereocenters. The van der Waals surface area contributed by atoms with Crippen molar-refractivity contribution in [3.63, 3.8) is 0 Å². The van der Waals surface area contributed by atoms with E-state index in [1.54, 1.807) is 41.1 Å². The maximum absolute atomic E-state index is 11.6. The number of tetrazole rings is 1. The van der Waals surface area contributed by atoms with Crippen LogP contribution in [-0.4, -0.2) is 173 Å². The largest absolute Gasteiger partial charge is 0.490 e. The number of hydrogen-bond donors (Lipinski definition) is 9. The molecule has 1 saturated carbocycles. The van der Waals surface area contributed by atoms with Crippen molar-refractivity contribution in [2.45, 2.75) is 53.4 Å².